The van der Waals surface area contributed by atoms with E-state index in [-0.39, 0.29) is 6.42 Å². The minimum absolute atomic E-state index is 0.0495. The zero-order valence-corrected chi connectivity index (χ0v) is 12.3. The van der Waals surface area contributed by atoms with Crippen LogP contribution < -0.4 is 0 Å². The van der Waals surface area contributed by atoms with E-state index < -0.39 is 26.8 Å². The number of hydrogen-bond donors (Lipinski definition) is 0. The Hall–Kier alpha value is -0.970. The average molecular weight is 335 g/mol. The van der Waals surface area contributed by atoms with Crippen molar-refractivity contribution in [2.45, 2.75) is 24.3 Å². The second kappa shape index (κ2) is 5.78. The third-order valence-corrected chi connectivity index (χ3v) is 5.06. The molecule has 1 atom stereocenters. The number of benzene rings is 1. The monoisotopic (exact) mass is 334 g/mol. The van der Waals surface area contributed by atoms with Gasteiger partial charge in [-0.25, -0.2) is 12.8 Å². The van der Waals surface area contributed by atoms with Gasteiger partial charge in [-0.1, -0.05) is 15.9 Å². The molecule has 0 radical (unpaired) electrons. The topological polar surface area (TPSA) is 61.2 Å². The van der Waals surface area contributed by atoms with Crippen LogP contribution in [0.15, 0.2) is 27.6 Å². The number of nitriles is 1. The number of nitrogens with zero attached hydrogens (tertiary/aromatic N) is 2. The van der Waals surface area contributed by atoms with Crippen LogP contribution in [0.1, 0.15) is 13.3 Å². The summed E-state index contributed by atoms with van der Waals surface area (Å²) >= 11 is 3.06. The van der Waals surface area contributed by atoms with E-state index >= 15 is 0 Å². The van der Waals surface area contributed by atoms with Gasteiger partial charge in [0, 0.05) is 17.6 Å². The van der Waals surface area contributed by atoms with Gasteiger partial charge in [0.05, 0.1) is 12.5 Å². The third kappa shape index (κ3) is 3.07. The van der Waals surface area contributed by atoms with Crippen molar-refractivity contribution >= 4 is 26.0 Å². The molecule has 1 rings (SSSR count). The van der Waals surface area contributed by atoms with Gasteiger partial charge in [0.15, 0.2) is 0 Å². The highest BCUT2D eigenvalue weighted by atomic mass is 79.9. The molecule has 18 heavy (non-hydrogen) atoms. The molecular weight excluding hydrogens is 323 g/mol. The summed E-state index contributed by atoms with van der Waals surface area (Å²) in [4.78, 5) is -0.391. The molecule has 0 aliphatic carbocycles. The summed E-state index contributed by atoms with van der Waals surface area (Å²) in [6, 6.07) is 5.13. The number of hydrogen-bond acceptors (Lipinski definition) is 3. The fourth-order valence-electron chi connectivity index (χ4n) is 1.34. The van der Waals surface area contributed by atoms with Gasteiger partial charge in [-0.15, -0.1) is 0 Å². The molecule has 0 aliphatic rings. The van der Waals surface area contributed by atoms with Crippen LogP contribution in [0.25, 0.3) is 0 Å². The summed E-state index contributed by atoms with van der Waals surface area (Å²) in [5, 5.41) is 8.56. The second-order valence-electron chi connectivity index (χ2n) is 3.81. The molecule has 0 fully saturated rings. The lowest BCUT2D eigenvalue weighted by Gasteiger charge is -2.22. The molecule has 0 spiro atoms. The van der Waals surface area contributed by atoms with Crippen molar-refractivity contribution in [3.05, 3.63) is 28.5 Å². The lowest BCUT2D eigenvalue weighted by molar-refractivity contribution is 0.390. The first kappa shape index (κ1) is 15.1. The maximum atomic E-state index is 13.7. The molecule has 0 heterocycles. The van der Waals surface area contributed by atoms with Crippen molar-refractivity contribution in [3.8, 4) is 6.07 Å². The first-order valence-corrected chi connectivity index (χ1v) is 7.34. The normalized spacial score (nSPS) is 13.3. The van der Waals surface area contributed by atoms with E-state index in [9.17, 15) is 12.8 Å². The molecule has 0 unspecified atom stereocenters. The van der Waals surface area contributed by atoms with Gasteiger partial charge >= 0.3 is 0 Å². The van der Waals surface area contributed by atoms with Gasteiger partial charge in [-0.3, -0.25) is 0 Å². The van der Waals surface area contributed by atoms with Crippen LogP contribution in [-0.4, -0.2) is 25.8 Å². The van der Waals surface area contributed by atoms with Gasteiger partial charge in [0.2, 0.25) is 10.0 Å². The number of halogens is 2. The second-order valence-corrected chi connectivity index (χ2v) is 6.69. The Morgan fingerprint density at radius 1 is 1.56 bits per heavy atom. The van der Waals surface area contributed by atoms with Crippen molar-refractivity contribution in [2.75, 3.05) is 7.05 Å². The molecule has 0 saturated carbocycles. The standard InChI is InChI=1S/C11H12BrFN2O2S/c1-8(5-6-14)15(2)18(16,17)11-4-3-9(12)7-10(11)13/h3-4,7-8H,5H2,1-2H3/t8-/m1/s1. The summed E-state index contributed by atoms with van der Waals surface area (Å²) in [6.45, 7) is 1.59. The van der Waals surface area contributed by atoms with Crippen molar-refractivity contribution in [3.63, 3.8) is 0 Å². The summed E-state index contributed by atoms with van der Waals surface area (Å²) in [5.74, 6) is -0.819. The highest BCUT2D eigenvalue weighted by Crippen LogP contribution is 2.23. The Bertz CT molecular complexity index is 583. The summed E-state index contributed by atoms with van der Waals surface area (Å²) in [7, 11) is -2.59. The highest BCUT2D eigenvalue weighted by Gasteiger charge is 2.27. The number of rotatable bonds is 4. The maximum Gasteiger partial charge on any atom is 0.246 e. The third-order valence-electron chi connectivity index (χ3n) is 2.56. The molecule has 7 heteroatoms. The predicted octanol–water partition coefficient (Wildman–Crippen LogP) is 2.51. The molecule has 0 N–H and O–H groups in total. The zero-order chi connectivity index (χ0) is 13.9. The smallest absolute Gasteiger partial charge is 0.207 e. The van der Waals surface area contributed by atoms with Crippen molar-refractivity contribution in [2.24, 2.45) is 0 Å². The molecule has 0 aliphatic heterocycles. The molecule has 1 aromatic carbocycles. The molecule has 0 amide bonds. The van der Waals surface area contributed by atoms with E-state index in [1.165, 1.54) is 19.2 Å². The quantitative estimate of drug-likeness (QED) is 0.849. The zero-order valence-electron chi connectivity index (χ0n) is 9.89. The minimum Gasteiger partial charge on any atom is -0.207 e. The summed E-state index contributed by atoms with van der Waals surface area (Å²) < 4.78 is 39.4. The molecular formula is C11H12BrFN2O2S. The van der Waals surface area contributed by atoms with E-state index in [4.69, 9.17) is 5.26 Å². The summed E-state index contributed by atoms with van der Waals surface area (Å²) in [5.41, 5.74) is 0. The fraction of sp³-hybridized carbons (Fsp3) is 0.364. The summed E-state index contributed by atoms with van der Waals surface area (Å²) in [6.07, 6.45) is 0.0495. The highest BCUT2D eigenvalue weighted by molar-refractivity contribution is 9.10. The number of sulfonamides is 1. The van der Waals surface area contributed by atoms with E-state index in [2.05, 4.69) is 15.9 Å². The van der Waals surface area contributed by atoms with Crippen LogP contribution in [0, 0.1) is 17.1 Å². The Labute approximate surface area is 114 Å². The lowest BCUT2D eigenvalue weighted by Crippen LogP contribution is -2.35. The van der Waals surface area contributed by atoms with Crippen LogP contribution in [-0.2, 0) is 10.0 Å². The van der Waals surface area contributed by atoms with E-state index in [1.54, 1.807) is 6.92 Å². The van der Waals surface area contributed by atoms with Gasteiger partial charge in [0.1, 0.15) is 10.7 Å². The van der Waals surface area contributed by atoms with Gasteiger partial charge < -0.3 is 0 Å². The van der Waals surface area contributed by atoms with Gasteiger partial charge in [-0.2, -0.15) is 9.57 Å². The van der Waals surface area contributed by atoms with E-state index in [0.717, 1.165) is 10.4 Å². The molecule has 0 saturated heterocycles. The van der Waals surface area contributed by atoms with Crippen molar-refractivity contribution in [1.29, 1.82) is 5.26 Å². The maximum absolute atomic E-state index is 13.7. The average Bonchev–Trinajstić information content (AvgIpc) is 2.27. The predicted molar refractivity (Wildman–Crippen MR) is 68.7 cm³/mol. The van der Waals surface area contributed by atoms with Gasteiger partial charge in [-0.05, 0) is 25.1 Å². The SMILES string of the molecule is C[C@H](CC#N)N(C)S(=O)(=O)c1ccc(Br)cc1F. The first-order valence-electron chi connectivity index (χ1n) is 5.10. The van der Waals surface area contributed by atoms with Crippen LogP contribution in [0.5, 0.6) is 0 Å². The van der Waals surface area contributed by atoms with Crippen molar-refractivity contribution < 1.29 is 12.8 Å². The van der Waals surface area contributed by atoms with Crippen LogP contribution >= 0.6 is 15.9 Å². The molecule has 0 aromatic heterocycles. The Morgan fingerprint density at radius 2 is 2.17 bits per heavy atom. The molecule has 4 nitrogen and oxygen atoms in total. The van der Waals surface area contributed by atoms with Crippen molar-refractivity contribution in [1.82, 2.24) is 4.31 Å². The first-order chi connectivity index (χ1) is 8.30. The Balaban J connectivity index is 3.18. The molecule has 1 aromatic rings. The minimum atomic E-state index is -3.92. The molecule has 0 bridgehead atoms. The van der Waals surface area contributed by atoms with Crippen LogP contribution in [0.2, 0.25) is 0 Å². The fourth-order valence-corrected chi connectivity index (χ4v) is 3.07. The van der Waals surface area contributed by atoms with E-state index in [0.29, 0.717) is 4.47 Å². The molecule has 98 valence electrons. The van der Waals surface area contributed by atoms with Crippen LogP contribution in [0.4, 0.5) is 4.39 Å². The largest absolute Gasteiger partial charge is 0.246 e. The Kier molecular flexibility index (Phi) is 4.85. The van der Waals surface area contributed by atoms with E-state index in [1.807, 2.05) is 6.07 Å². The Morgan fingerprint density at radius 3 is 2.67 bits per heavy atom. The van der Waals surface area contributed by atoms with Crippen LogP contribution in [0.3, 0.4) is 0 Å². The lowest BCUT2D eigenvalue weighted by atomic mass is 10.3. The van der Waals surface area contributed by atoms with Gasteiger partial charge in [0.25, 0.3) is 0 Å².